The normalized spacial score (nSPS) is 15.2. The SMILES string of the molecule is C=C(C)C(=O)NC1=NN(CC(F)(F)F)C(=O)C1.C=C(C)C(=O)NC1=NN(CCC#N)C(=O)C1.C=C(C)C(=O)NC1=NN(Cc2cccc(Cl)c2Cl)C(=O)C1.C=C(C)C(=O)NC1=NN(c2ccccc2)C(=O)C1.C=C(C)C(=O)NCCSC1C(=O)N(c2cc(Cl)ccc2Cl)N=C1C. The van der Waals surface area contributed by atoms with Crippen LogP contribution in [0.1, 0.15) is 79.2 Å². The molecule has 34 heteroatoms. The first-order valence-electron chi connectivity index (χ1n) is 28.2. The number of hydrogen-bond donors (Lipinski definition) is 5. The highest BCUT2D eigenvalue weighted by molar-refractivity contribution is 8.01. The highest BCUT2D eigenvalue weighted by Crippen LogP contribution is 2.34. The van der Waals surface area contributed by atoms with Gasteiger partial charge in [0, 0.05) is 45.2 Å². The van der Waals surface area contributed by atoms with Crippen LogP contribution in [0.15, 0.2) is 153 Å². The van der Waals surface area contributed by atoms with E-state index < -0.39 is 29.8 Å². The number of rotatable bonds is 16. The number of hydrogen-bond acceptors (Lipinski definition) is 17. The van der Waals surface area contributed by atoms with Crippen molar-refractivity contribution in [2.24, 2.45) is 25.5 Å². The lowest BCUT2D eigenvalue weighted by Gasteiger charge is -2.16. The average molecular weight is 1430 g/mol. The Hall–Kier alpha value is -9.80. The number of amidine groups is 4. The van der Waals surface area contributed by atoms with Gasteiger partial charge in [-0.2, -0.15) is 54.0 Å². The lowest BCUT2D eigenvalue weighted by molar-refractivity contribution is -0.159. The van der Waals surface area contributed by atoms with Crippen molar-refractivity contribution in [3.05, 3.63) is 153 Å². The number of amides is 10. The third-order valence-corrected chi connectivity index (χ3v) is 15.0. The van der Waals surface area contributed by atoms with Gasteiger partial charge in [-0.05, 0) is 83.5 Å². The van der Waals surface area contributed by atoms with Crippen molar-refractivity contribution >= 4 is 158 Å². The minimum absolute atomic E-state index is 0.0389. The lowest BCUT2D eigenvalue weighted by Crippen LogP contribution is -2.32. The quantitative estimate of drug-likeness (QED) is 0.0665. The van der Waals surface area contributed by atoms with Crippen molar-refractivity contribution in [1.29, 1.82) is 5.26 Å². The van der Waals surface area contributed by atoms with Crippen LogP contribution in [0.25, 0.3) is 0 Å². The molecule has 26 nitrogen and oxygen atoms in total. The van der Waals surface area contributed by atoms with Crippen molar-refractivity contribution in [2.45, 2.75) is 91.6 Å². The second-order valence-corrected chi connectivity index (χ2v) is 23.6. The van der Waals surface area contributed by atoms with Gasteiger partial charge in [-0.3, -0.25) is 47.9 Å². The van der Waals surface area contributed by atoms with Gasteiger partial charge in [0.15, 0.2) is 0 Å². The molecule has 0 spiro atoms. The average Bonchev–Trinajstić information content (AvgIpc) is 1.64. The maximum Gasteiger partial charge on any atom is 0.408 e. The van der Waals surface area contributed by atoms with Gasteiger partial charge in [0.25, 0.3) is 47.3 Å². The maximum atomic E-state index is 12.6. The van der Waals surface area contributed by atoms with E-state index in [2.05, 4.69) is 85.0 Å². The molecule has 3 aromatic rings. The fourth-order valence-corrected chi connectivity index (χ4v) is 9.21. The molecule has 8 rings (SSSR count). The summed E-state index contributed by atoms with van der Waals surface area (Å²) >= 11 is 25.6. The van der Waals surface area contributed by atoms with E-state index in [9.17, 15) is 61.1 Å². The molecule has 5 aliphatic rings. The van der Waals surface area contributed by atoms with Crippen LogP contribution in [-0.2, 0) is 54.5 Å². The number of nitriles is 1. The van der Waals surface area contributed by atoms with E-state index in [1.807, 2.05) is 24.3 Å². The smallest absolute Gasteiger partial charge is 0.352 e. The summed E-state index contributed by atoms with van der Waals surface area (Å²) in [4.78, 5) is 116. The van der Waals surface area contributed by atoms with Gasteiger partial charge in [0.05, 0.1) is 83.4 Å². The molecular weight excluding hydrogens is 1360 g/mol. The zero-order chi connectivity index (χ0) is 71.9. The molecule has 0 aliphatic carbocycles. The van der Waals surface area contributed by atoms with Gasteiger partial charge in [0.1, 0.15) is 35.1 Å². The fraction of sp³-hybridized carbons (Fsp3) is 0.290. The number of nitrogens with one attached hydrogen (secondary N) is 5. The Kier molecular flexibility index (Phi) is 30.1. The van der Waals surface area contributed by atoms with Crippen molar-refractivity contribution < 1.29 is 61.1 Å². The largest absolute Gasteiger partial charge is 0.408 e. The van der Waals surface area contributed by atoms with Gasteiger partial charge in [-0.1, -0.05) is 110 Å². The number of halogens is 7. The van der Waals surface area contributed by atoms with Gasteiger partial charge in [0.2, 0.25) is 11.8 Å². The number of nitrogens with zero attached hydrogens (tertiary/aromatic N) is 11. The number of anilines is 2. The first-order valence-corrected chi connectivity index (χ1v) is 30.8. The van der Waals surface area contributed by atoms with Crippen LogP contribution in [0.5, 0.6) is 0 Å². The van der Waals surface area contributed by atoms with Gasteiger partial charge in [-0.15, -0.1) is 11.8 Å². The Morgan fingerprint density at radius 3 is 1.56 bits per heavy atom. The van der Waals surface area contributed by atoms with Crippen molar-refractivity contribution in [1.82, 2.24) is 41.6 Å². The van der Waals surface area contributed by atoms with E-state index in [4.69, 9.17) is 51.7 Å². The van der Waals surface area contributed by atoms with Crippen LogP contribution in [0.2, 0.25) is 20.1 Å². The molecule has 3 aromatic carbocycles. The third kappa shape index (κ3) is 24.8. The van der Waals surface area contributed by atoms with E-state index in [0.29, 0.717) is 94.8 Å². The Morgan fingerprint density at radius 2 is 1.06 bits per heavy atom. The molecule has 5 N–H and O–H groups in total. The summed E-state index contributed by atoms with van der Waals surface area (Å²) in [5.41, 5.74) is 4.23. The first-order chi connectivity index (χ1) is 45.0. The summed E-state index contributed by atoms with van der Waals surface area (Å²) < 4.78 is 36.1. The van der Waals surface area contributed by atoms with E-state index in [1.165, 1.54) is 38.7 Å². The highest BCUT2D eigenvalue weighted by atomic mass is 35.5. The Morgan fingerprint density at radius 1 is 0.594 bits per heavy atom. The Labute approximate surface area is 574 Å². The van der Waals surface area contributed by atoms with Crippen molar-refractivity contribution in [3.8, 4) is 6.07 Å². The third-order valence-electron chi connectivity index (χ3n) is 12.3. The molecule has 0 saturated carbocycles. The molecule has 5 heterocycles. The predicted molar refractivity (Wildman–Crippen MR) is 362 cm³/mol. The number of hydrazone groups is 5. The fourth-order valence-electron chi connectivity index (χ4n) is 7.48. The van der Waals surface area contributed by atoms with Gasteiger partial charge >= 0.3 is 6.18 Å². The van der Waals surface area contributed by atoms with Crippen molar-refractivity contribution in [2.75, 3.05) is 35.4 Å². The van der Waals surface area contributed by atoms with E-state index in [0.717, 1.165) is 0 Å². The summed E-state index contributed by atoms with van der Waals surface area (Å²) in [7, 11) is 0. The molecular formula is C62H65Cl4F3N16O10S. The zero-order valence-corrected chi connectivity index (χ0v) is 56.4. The first kappa shape index (κ1) is 78.6. The summed E-state index contributed by atoms with van der Waals surface area (Å²) in [6.45, 7) is 26.5. The second kappa shape index (κ2) is 36.8. The molecule has 1 unspecified atom stereocenters. The number of carbonyl (C=O) groups excluding carboxylic acids is 10. The molecule has 0 saturated heterocycles. The molecule has 0 bridgehead atoms. The summed E-state index contributed by atoms with van der Waals surface area (Å²) in [6.07, 6.45) is -4.46. The molecule has 96 heavy (non-hydrogen) atoms. The minimum Gasteiger partial charge on any atom is -0.352 e. The number of para-hydroxylation sites is 1. The zero-order valence-electron chi connectivity index (χ0n) is 52.6. The van der Waals surface area contributed by atoms with Gasteiger partial charge in [-0.25, -0.2) is 15.0 Å². The van der Waals surface area contributed by atoms with Crippen LogP contribution in [0.4, 0.5) is 24.5 Å². The minimum atomic E-state index is -4.52. The van der Waals surface area contributed by atoms with E-state index in [-0.39, 0.29) is 109 Å². The molecule has 10 amide bonds. The number of benzene rings is 3. The van der Waals surface area contributed by atoms with E-state index in [1.54, 1.807) is 83.1 Å². The predicted octanol–water partition coefficient (Wildman–Crippen LogP) is 8.60. The molecule has 5 aliphatic heterocycles. The van der Waals surface area contributed by atoms with Crippen LogP contribution >= 0.6 is 58.2 Å². The highest BCUT2D eigenvalue weighted by Gasteiger charge is 2.38. The number of carbonyl (C=O) groups is 10. The maximum absolute atomic E-state index is 12.6. The second-order valence-electron chi connectivity index (χ2n) is 20.8. The van der Waals surface area contributed by atoms with Crippen LogP contribution in [-0.4, -0.2) is 140 Å². The van der Waals surface area contributed by atoms with Crippen LogP contribution in [0.3, 0.4) is 0 Å². The molecule has 0 fully saturated rings. The summed E-state index contributed by atoms with van der Waals surface area (Å²) in [5.74, 6) is -1.96. The molecule has 508 valence electrons. The van der Waals surface area contributed by atoms with Gasteiger partial charge < -0.3 is 26.6 Å². The van der Waals surface area contributed by atoms with Crippen LogP contribution in [0, 0.1) is 11.3 Å². The molecule has 0 radical (unpaired) electrons. The molecule has 1 atom stereocenters. The summed E-state index contributed by atoms with van der Waals surface area (Å²) in [6, 6.07) is 21.1. The summed E-state index contributed by atoms with van der Waals surface area (Å²) in [5, 5.41) is 47.3. The van der Waals surface area contributed by atoms with E-state index >= 15 is 0 Å². The monoisotopic (exact) mass is 1420 g/mol. The van der Waals surface area contributed by atoms with Crippen molar-refractivity contribution in [3.63, 3.8) is 0 Å². The molecule has 0 aromatic heterocycles. The topological polar surface area (TPSA) is 333 Å². The Bertz CT molecular complexity index is 3850. The number of thioether (sulfide) groups is 1. The standard InChI is InChI=1S/C16H17Cl2N3O2S.C14H13Cl2N3O2.C13H13N3O2.C10H12N4O2.C9H10F3N3O2/c1-9(2)15(22)19-6-7-24-14-10(3)20-21(16(14)23)13-8-11(17)4-5-12(13)18;1-8(2)14(21)17-11-6-12(20)19(18-11)7-9-4-3-5-10(15)13(9)16;1-9(2)13(18)14-11-8-12(17)16(15-11)10-6-4-3-5-7-10;1-7(2)10(16)12-8-6-9(15)14(13-8)5-3-4-11;1-5(2)8(17)13-6-3-7(16)15(14-6)4-9(10,11)12/h4-5,8,14H,1,6-7H2,2-3H3,(H,19,22);3-5H,1,6-7H2,2H3,(H,17,18,21);3-7H,1,8H2,2H3,(H,14,15,18);1,3,5-6H2,2H3,(H,12,13,16);1,3-4H2,2H3,(H,13,14,17). The Balaban J connectivity index is 0.000000257. The number of alkyl halides is 3. The lowest BCUT2D eigenvalue weighted by atomic mass is 10.2. The van der Waals surface area contributed by atoms with Crippen LogP contribution < -0.4 is 36.6 Å².